The van der Waals surface area contributed by atoms with Gasteiger partial charge in [-0.15, -0.1) is 0 Å². The molecule has 0 aromatic heterocycles. The van der Waals surface area contributed by atoms with Gasteiger partial charge in [0.2, 0.25) is 0 Å². The Hall–Kier alpha value is -4.64. The minimum Gasteiger partial charge on any atom is -0.495 e. The van der Waals surface area contributed by atoms with E-state index in [1.165, 1.54) is 24.3 Å². The molecule has 1 saturated heterocycles. The molecule has 0 spiro atoms. The predicted octanol–water partition coefficient (Wildman–Crippen LogP) is 4.25. The minimum absolute atomic E-state index is 0.158. The van der Waals surface area contributed by atoms with Gasteiger partial charge < -0.3 is 30.1 Å². The van der Waals surface area contributed by atoms with Crippen molar-refractivity contribution < 1.29 is 19.2 Å². The molecule has 1 heterocycles. The first-order chi connectivity index (χ1) is 20.3. The molecule has 0 saturated carbocycles. The molecule has 0 radical (unpaired) electrons. The summed E-state index contributed by atoms with van der Waals surface area (Å²) in [5.41, 5.74) is 2.69. The maximum absolute atomic E-state index is 13.5. The summed E-state index contributed by atoms with van der Waals surface area (Å²) in [6.07, 6.45) is 0. The van der Waals surface area contributed by atoms with Crippen molar-refractivity contribution in [3.05, 3.63) is 88.0 Å². The van der Waals surface area contributed by atoms with E-state index < -0.39 is 10.8 Å². The van der Waals surface area contributed by atoms with Crippen molar-refractivity contribution in [2.45, 2.75) is 13.8 Å². The van der Waals surface area contributed by atoms with Crippen LogP contribution in [0.25, 0.3) is 0 Å². The average Bonchev–Trinajstić information content (AvgIpc) is 3.03. The second-order valence-electron chi connectivity index (χ2n) is 9.92. The number of likely N-dealkylation sites (N-methyl/N-ethyl adjacent to an activating group) is 1. The number of nitrogens with zero attached hydrogens (tertiary/aromatic N) is 4. The number of hydrogen-bond acceptors (Lipinski definition) is 8. The molecule has 11 heteroatoms. The first-order valence-corrected chi connectivity index (χ1v) is 14.2. The number of non-ortho nitro benzene ring substituents is 1. The van der Waals surface area contributed by atoms with Gasteiger partial charge >= 0.3 is 0 Å². The SMILES string of the molecule is CCN(CC)CCNC(=O)c1cc(NC(=O)c2cccc([N+](=O)[O-])c2)ccc1N1CCN(c2ccccc2OC)CC1. The summed E-state index contributed by atoms with van der Waals surface area (Å²) in [5.74, 6) is 0.101. The number of methoxy groups -OCH3 is 1. The van der Waals surface area contributed by atoms with Crippen molar-refractivity contribution in [3.8, 4) is 5.75 Å². The lowest BCUT2D eigenvalue weighted by molar-refractivity contribution is -0.384. The van der Waals surface area contributed by atoms with Crippen LogP contribution in [0.2, 0.25) is 0 Å². The Labute approximate surface area is 246 Å². The van der Waals surface area contributed by atoms with Crippen LogP contribution < -0.4 is 25.2 Å². The van der Waals surface area contributed by atoms with Crippen LogP contribution in [-0.2, 0) is 0 Å². The molecule has 1 aliphatic heterocycles. The third-order valence-electron chi connectivity index (χ3n) is 7.47. The number of rotatable bonds is 12. The van der Waals surface area contributed by atoms with E-state index >= 15 is 0 Å². The fourth-order valence-corrected chi connectivity index (χ4v) is 5.08. The molecule has 1 fully saturated rings. The van der Waals surface area contributed by atoms with Crippen LogP contribution in [0.15, 0.2) is 66.7 Å². The summed E-state index contributed by atoms with van der Waals surface area (Å²) in [6, 6.07) is 18.7. The fourth-order valence-electron chi connectivity index (χ4n) is 5.08. The van der Waals surface area contributed by atoms with Crippen LogP contribution in [0, 0.1) is 10.1 Å². The standard InChI is InChI=1S/C31H38N6O5/c1-4-34(5-2)16-15-32-31(39)26-22-24(33-30(38)23-9-8-10-25(21-23)37(40)41)13-14-27(26)35-17-19-36(20-18-35)28-11-6-7-12-29(28)42-3/h6-14,21-22H,4-5,15-20H2,1-3H3,(H,32,39)(H,33,38). The Morgan fingerprint density at radius 2 is 1.60 bits per heavy atom. The molecule has 0 atom stereocenters. The Kier molecular flexibility index (Phi) is 10.3. The molecule has 0 unspecified atom stereocenters. The van der Waals surface area contributed by atoms with Crippen LogP contribution in [-0.4, -0.2) is 81.1 Å². The number of carbonyl (C=O) groups is 2. The predicted molar refractivity (Wildman–Crippen MR) is 165 cm³/mol. The van der Waals surface area contributed by atoms with E-state index in [1.807, 2.05) is 30.3 Å². The molecule has 0 bridgehead atoms. The Balaban J connectivity index is 1.54. The highest BCUT2D eigenvalue weighted by molar-refractivity contribution is 6.06. The number of anilines is 3. The van der Waals surface area contributed by atoms with Crippen molar-refractivity contribution >= 4 is 34.6 Å². The van der Waals surface area contributed by atoms with Crippen LogP contribution in [0.3, 0.4) is 0 Å². The van der Waals surface area contributed by atoms with Gasteiger partial charge in [-0.25, -0.2) is 0 Å². The number of hydrogen-bond donors (Lipinski definition) is 2. The largest absolute Gasteiger partial charge is 0.495 e. The molecular formula is C31H38N6O5. The molecule has 11 nitrogen and oxygen atoms in total. The highest BCUT2D eigenvalue weighted by atomic mass is 16.6. The van der Waals surface area contributed by atoms with Gasteiger partial charge in [-0.2, -0.15) is 0 Å². The molecule has 4 rings (SSSR count). The topological polar surface area (TPSA) is 120 Å². The maximum Gasteiger partial charge on any atom is 0.270 e. The van der Waals surface area contributed by atoms with E-state index in [9.17, 15) is 19.7 Å². The van der Waals surface area contributed by atoms with E-state index in [0.717, 1.165) is 49.8 Å². The summed E-state index contributed by atoms with van der Waals surface area (Å²) in [7, 11) is 1.67. The zero-order chi connectivity index (χ0) is 30.1. The molecule has 3 aromatic rings. The first-order valence-electron chi connectivity index (χ1n) is 14.2. The number of para-hydroxylation sites is 2. The minimum atomic E-state index is -0.542. The van der Waals surface area contributed by atoms with Crippen molar-refractivity contribution in [2.75, 3.05) is 74.6 Å². The molecular weight excluding hydrogens is 536 g/mol. The van der Waals surface area contributed by atoms with Gasteiger partial charge in [0.05, 0.1) is 23.3 Å². The molecule has 2 amide bonds. The van der Waals surface area contributed by atoms with E-state index in [4.69, 9.17) is 4.74 Å². The van der Waals surface area contributed by atoms with E-state index in [1.54, 1.807) is 19.2 Å². The van der Waals surface area contributed by atoms with Gasteiger partial charge in [0.15, 0.2) is 0 Å². The average molecular weight is 575 g/mol. The van der Waals surface area contributed by atoms with E-state index in [2.05, 4.69) is 39.2 Å². The summed E-state index contributed by atoms with van der Waals surface area (Å²) in [5, 5.41) is 17.0. The van der Waals surface area contributed by atoms with Gasteiger partial charge in [0.1, 0.15) is 5.75 Å². The van der Waals surface area contributed by atoms with Crippen molar-refractivity contribution in [1.29, 1.82) is 0 Å². The van der Waals surface area contributed by atoms with Gasteiger partial charge in [-0.1, -0.05) is 32.0 Å². The Morgan fingerprint density at radius 3 is 2.26 bits per heavy atom. The number of carbonyl (C=O) groups excluding carboxylic acids is 2. The number of piperazine rings is 1. The van der Waals surface area contributed by atoms with Crippen molar-refractivity contribution in [3.63, 3.8) is 0 Å². The molecule has 3 aromatic carbocycles. The lowest BCUT2D eigenvalue weighted by atomic mass is 10.1. The Morgan fingerprint density at radius 1 is 0.905 bits per heavy atom. The van der Waals surface area contributed by atoms with Gasteiger partial charge in [0.25, 0.3) is 17.5 Å². The highest BCUT2D eigenvalue weighted by Crippen LogP contribution is 2.31. The molecule has 0 aliphatic carbocycles. The second kappa shape index (κ2) is 14.3. The molecule has 42 heavy (non-hydrogen) atoms. The molecule has 1 aliphatic rings. The number of nitro benzene ring substituents is 1. The van der Waals surface area contributed by atoms with E-state index in [-0.39, 0.29) is 17.2 Å². The zero-order valence-electron chi connectivity index (χ0n) is 24.3. The Bertz CT molecular complexity index is 1400. The van der Waals surface area contributed by atoms with Crippen LogP contribution in [0.4, 0.5) is 22.7 Å². The number of nitro groups is 1. The maximum atomic E-state index is 13.5. The van der Waals surface area contributed by atoms with E-state index in [0.29, 0.717) is 30.9 Å². The smallest absolute Gasteiger partial charge is 0.270 e. The normalized spacial score (nSPS) is 13.1. The lowest BCUT2D eigenvalue weighted by Gasteiger charge is -2.38. The number of ether oxygens (including phenoxy) is 1. The summed E-state index contributed by atoms with van der Waals surface area (Å²) in [6.45, 7) is 10.1. The number of amides is 2. The molecule has 222 valence electrons. The summed E-state index contributed by atoms with van der Waals surface area (Å²) < 4.78 is 5.55. The van der Waals surface area contributed by atoms with Crippen LogP contribution in [0.5, 0.6) is 5.75 Å². The van der Waals surface area contributed by atoms with Crippen molar-refractivity contribution in [2.24, 2.45) is 0 Å². The zero-order valence-corrected chi connectivity index (χ0v) is 24.3. The monoisotopic (exact) mass is 574 g/mol. The fraction of sp³-hybridized carbons (Fsp3) is 0.355. The first kappa shape index (κ1) is 30.3. The third kappa shape index (κ3) is 7.35. The van der Waals surface area contributed by atoms with Crippen LogP contribution >= 0.6 is 0 Å². The lowest BCUT2D eigenvalue weighted by Crippen LogP contribution is -2.47. The molecule has 2 N–H and O–H groups in total. The second-order valence-corrected chi connectivity index (χ2v) is 9.92. The third-order valence-corrected chi connectivity index (χ3v) is 7.47. The van der Waals surface area contributed by atoms with Gasteiger partial charge in [0, 0.05) is 68.3 Å². The number of nitrogens with one attached hydrogen (secondary N) is 2. The van der Waals surface area contributed by atoms with Crippen molar-refractivity contribution in [1.82, 2.24) is 10.2 Å². The quantitative estimate of drug-likeness (QED) is 0.243. The van der Waals surface area contributed by atoms with Gasteiger partial charge in [-0.3, -0.25) is 19.7 Å². The van der Waals surface area contributed by atoms with Crippen LogP contribution in [0.1, 0.15) is 34.6 Å². The summed E-state index contributed by atoms with van der Waals surface area (Å²) >= 11 is 0. The highest BCUT2D eigenvalue weighted by Gasteiger charge is 2.24. The number of benzene rings is 3. The van der Waals surface area contributed by atoms with Gasteiger partial charge in [-0.05, 0) is 49.5 Å². The summed E-state index contributed by atoms with van der Waals surface area (Å²) in [4.78, 5) is 43.7.